The molecule has 28 heavy (non-hydrogen) atoms. The number of hydrogen-bond donors (Lipinski definition) is 2. The number of aromatic nitrogens is 2. The molecular formula is C21H18N4O2S. The summed E-state index contributed by atoms with van der Waals surface area (Å²) in [6.07, 6.45) is 0. The van der Waals surface area contributed by atoms with Crippen molar-refractivity contribution in [3.8, 4) is 40.1 Å². The van der Waals surface area contributed by atoms with Gasteiger partial charge in [0.05, 0.1) is 35.8 Å². The summed E-state index contributed by atoms with van der Waals surface area (Å²) in [6, 6.07) is 13.8. The molecule has 0 radical (unpaired) electrons. The summed E-state index contributed by atoms with van der Waals surface area (Å²) >= 11 is 1.25. The van der Waals surface area contributed by atoms with E-state index in [1.807, 2.05) is 43.3 Å². The van der Waals surface area contributed by atoms with Gasteiger partial charge in [-0.15, -0.1) is 11.3 Å². The van der Waals surface area contributed by atoms with Crippen molar-refractivity contribution in [3.05, 3.63) is 46.8 Å². The van der Waals surface area contributed by atoms with E-state index < -0.39 is 0 Å². The minimum Gasteiger partial charge on any atom is -0.493 e. The zero-order valence-electron chi connectivity index (χ0n) is 15.7. The van der Waals surface area contributed by atoms with Crippen molar-refractivity contribution in [1.29, 1.82) is 5.26 Å². The van der Waals surface area contributed by atoms with Gasteiger partial charge in [-0.3, -0.25) is 0 Å². The van der Waals surface area contributed by atoms with Crippen molar-refractivity contribution in [2.75, 3.05) is 20.0 Å². The molecule has 0 unspecified atom stereocenters. The number of anilines is 1. The first-order valence-corrected chi connectivity index (χ1v) is 9.39. The molecule has 4 rings (SSSR count). The number of nitriles is 1. The Morgan fingerprint density at radius 2 is 1.86 bits per heavy atom. The molecule has 0 amide bonds. The first kappa shape index (κ1) is 17.9. The Morgan fingerprint density at radius 1 is 1.07 bits per heavy atom. The summed E-state index contributed by atoms with van der Waals surface area (Å²) < 4.78 is 10.8. The first-order valence-electron chi connectivity index (χ1n) is 8.57. The summed E-state index contributed by atoms with van der Waals surface area (Å²) in [6.45, 7) is 2.03. The Hall–Kier alpha value is -3.50. The Bertz CT molecular complexity index is 1230. The molecule has 2 aromatic carbocycles. The molecule has 4 aromatic rings. The highest BCUT2D eigenvalue weighted by Gasteiger charge is 2.23. The molecule has 2 aromatic heterocycles. The summed E-state index contributed by atoms with van der Waals surface area (Å²) in [5.74, 6) is 1.84. The van der Waals surface area contributed by atoms with Crippen molar-refractivity contribution in [2.24, 2.45) is 0 Å². The Kier molecular flexibility index (Phi) is 4.41. The van der Waals surface area contributed by atoms with Crippen molar-refractivity contribution in [2.45, 2.75) is 6.92 Å². The van der Waals surface area contributed by atoms with Gasteiger partial charge in [-0.05, 0) is 42.3 Å². The van der Waals surface area contributed by atoms with Crippen LogP contribution in [-0.4, -0.2) is 24.2 Å². The maximum Gasteiger partial charge on any atom is 0.161 e. The second-order valence-corrected chi connectivity index (χ2v) is 7.39. The average Bonchev–Trinajstić information content (AvgIpc) is 3.26. The number of nitrogens with two attached hydrogens (primary N) is 1. The van der Waals surface area contributed by atoms with Gasteiger partial charge >= 0.3 is 0 Å². The van der Waals surface area contributed by atoms with Crippen LogP contribution < -0.4 is 15.2 Å². The van der Waals surface area contributed by atoms with Crippen molar-refractivity contribution >= 4 is 27.4 Å². The number of rotatable bonds is 4. The van der Waals surface area contributed by atoms with Gasteiger partial charge in [-0.2, -0.15) is 5.26 Å². The van der Waals surface area contributed by atoms with Gasteiger partial charge in [0.25, 0.3) is 0 Å². The van der Waals surface area contributed by atoms with Crippen LogP contribution in [-0.2, 0) is 0 Å². The van der Waals surface area contributed by atoms with E-state index in [0.717, 1.165) is 33.3 Å². The van der Waals surface area contributed by atoms with E-state index in [1.165, 1.54) is 11.3 Å². The van der Waals surface area contributed by atoms with Crippen molar-refractivity contribution < 1.29 is 9.47 Å². The van der Waals surface area contributed by atoms with E-state index in [2.05, 4.69) is 11.1 Å². The summed E-state index contributed by atoms with van der Waals surface area (Å²) in [5.41, 5.74) is 11.5. The Labute approximate surface area is 166 Å². The number of nitrogen functional groups attached to an aromatic ring is 1. The van der Waals surface area contributed by atoms with E-state index >= 15 is 0 Å². The van der Waals surface area contributed by atoms with Gasteiger partial charge in [0.1, 0.15) is 16.8 Å². The molecule has 3 N–H and O–H groups in total. The number of H-pyrrole nitrogens is 1. The third-order valence-electron chi connectivity index (χ3n) is 4.58. The van der Waals surface area contributed by atoms with Crippen molar-refractivity contribution in [1.82, 2.24) is 9.97 Å². The first-order chi connectivity index (χ1) is 13.5. The van der Waals surface area contributed by atoms with Crippen LogP contribution in [0.25, 0.3) is 33.5 Å². The number of thiophene rings is 1. The number of benzene rings is 2. The lowest BCUT2D eigenvalue weighted by molar-refractivity contribution is 0.355. The van der Waals surface area contributed by atoms with Gasteiger partial charge < -0.3 is 20.2 Å². The van der Waals surface area contributed by atoms with Gasteiger partial charge in [0.15, 0.2) is 11.5 Å². The molecule has 0 saturated carbocycles. The minimum absolute atomic E-state index is 0.524. The number of ether oxygens (including phenoxy) is 2. The molecule has 0 aliphatic rings. The monoisotopic (exact) mass is 390 g/mol. The van der Waals surface area contributed by atoms with Gasteiger partial charge in [-0.1, -0.05) is 12.1 Å². The number of hydrogen-bond acceptors (Lipinski definition) is 6. The zero-order chi connectivity index (χ0) is 19.8. The molecule has 0 saturated heterocycles. The van der Waals surface area contributed by atoms with E-state index in [4.69, 9.17) is 20.2 Å². The molecule has 140 valence electrons. The fourth-order valence-electron chi connectivity index (χ4n) is 3.27. The molecule has 2 heterocycles. The minimum atomic E-state index is 0.524. The predicted octanol–water partition coefficient (Wildman–Crippen LogP) is 4.74. The lowest BCUT2D eigenvalue weighted by atomic mass is 10.0. The quantitative estimate of drug-likeness (QED) is 0.525. The maximum atomic E-state index is 9.69. The number of fused-ring (bicyclic) bond motifs is 1. The van der Waals surface area contributed by atoms with Crippen LogP contribution in [0.4, 0.5) is 5.00 Å². The summed E-state index contributed by atoms with van der Waals surface area (Å²) in [7, 11) is 3.17. The van der Waals surface area contributed by atoms with E-state index in [1.54, 1.807) is 14.2 Å². The lowest BCUT2D eigenvalue weighted by Gasteiger charge is -2.10. The van der Waals surface area contributed by atoms with Crippen LogP contribution in [0.3, 0.4) is 0 Å². The fourth-order valence-corrected chi connectivity index (χ4v) is 4.16. The molecular weight excluding hydrogens is 372 g/mol. The molecule has 0 bridgehead atoms. The SMILES string of the molecule is COc1ccc(-c2c(C#N)sc(N)c2-c2nc3ccc(C)cc3[nH]2)cc1OC. The number of imidazole rings is 1. The lowest BCUT2D eigenvalue weighted by Crippen LogP contribution is -1.93. The number of nitrogens with zero attached hydrogens (tertiary/aromatic N) is 2. The maximum absolute atomic E-state index is 9.69. The molecule has 0 aliphatic heterocycles. The van der Waals surface area contributed by atoms with Crippen LogP contribution in [0.2, 0.25) is 0 Å². The summed E-state index contributed by atoms with van der Waals surface area (Å²) in [4.78, 5) is 8.57. The van der Waals surface area contributed by atoms with Crippen LogP contribution in [0.1, 0.15) is 10.4 Å². The van der Waals surface area contributed by atoms with Gasteiger partial charge in [-0.25, -0.2) is 4.98 Å². The third-order valence-corrected chi connectivity index (χ3v) is 5.51. The molecule has 6 nitrogen and oxygen atoms in total. The molecule has 0 atom stereocenters. The second-order valence-electron chi connectivity index (χ2n) is 6.33. The zero-order valence-corrected chi connectivity index (χ0v) is 16.5. The van der Waals surface area contributed by atoms with E-state index in [9.17, 15) is 5.26 Å². The van der Waals surface area contributed by atoms with E-state index in [0.29, 0.717) is 27.2 Å². The largest absolute Gasteiger partial charge is 0.493 e. The highest BCUT2D eigenvalue weighted by molar-refractivity contribution is 7.17. The van der Waals surface area contributed by atoms with Crippen LogP contribution in [0.5, 0.6) is 11.5 Å². The van der Waals surface area contributed by atoms with Crippen LogP contribution in [0.15, 0.2) is 36.4 Å². The number of methoxy groups -OCH3 is 2. The smallest absolute Gasteiger partial charge is 0.161 e. The van der Waals surface area contributed by atoms with Crippen molar-refractivity contribution in [3.63, 3.8) is 0 Å². The highest BCUT2D eigenvalue weighted by Crippen LogP contribution is 2.45. The Morgan fingerprint density at radius 3 is 2.57 bits per heavy atom. The van der Waals surface area contributed by atoms with Gasteiger partial charge in [0.2, 0.25) is 0 Å². The number of aryl methyl sites for hydroxylation is 1. The van der Waals surface area contributed by atoms with Crippen LogP contribution >= 0.6 is 11.3 Å². The average molecular weight is 390 g/mol. The predicted molar refractivity (Wildman–Crippen MR) is 112 cm³/mol. The molecule has 7 heteroatoms. The summed E-state index contributed by atoms with van der Waals surface area (Å²) in [5, 5.41) is 10.2. The topological polar surface area (TPSA) is 97.0 Å². The second kappa shape index (κ2) is 6.91. The fraction of sp³-hybridized carbons (Fsp3) is 0.143. The standard InChI is InChI=1S/C21H18N4O2S/c1-11-4-6-13-14(8-11)25-21(24-13)19-18(17(10-22)28-20(19)23)12-5-7-15(26-2)16(9-12)27-3/h4-9H,23H2,1-3H3,(H,24,25). The van der Waals surface area contributed by atoms with Gasteiger partial charge in [0, 0.05) is 5.56 Å². The molecule has 0 fully saturated rings. The normalized spacial score (nSPS) is 10.8. The highest BCUT2D eigenvalue weighted by atomic mass is 32.1. The van der Waals surface area contributed by atoms with E-state index in [-0.39, 0.29) is 0 Å². The number of aromatic amines is 1. The number of nitrogens with one attached hydrogen (secondary N) is 1. The Balaban J connectivity index is 1.97. The van der Waals surface area contributed by atoms with Crippen LogP contribution in [0, 0.1) is 18.3 Å². The molecule has 0 spiro atoms. The third kappa shape index (κ3) is 2.84. The molecule has 0 aliphatic carbocycles.